The number of hydrogen-bond donors (Lipinski definition) is 0. The fourth-order valence-electron chi connectivity index (χ4n) is 2.29. The molecule has 92 valence electrons. The van der Waals surface area contributed by atoms with Crippen LogP contribution in [0.4, 0.5) is 0 Å². The highest BCUT2D eigenvalue weighted by Crippen LogP contribution is 2.24. The number of rotatable bonds is 2. The third-order valence-electron chi connectivity index (χ3n) is 3.20. The van der Waals surface area contributed by atoms with Crippen LogP contribution in [0.25, 0.3) is 0 Å². The van der Waals surface area contributed by atoms with Gasteiger partial charge in [0.1, 0.15) is 11.5 Å². The molecule has 0 unspecified atom stereocenters. The first-order valence-electron chi connectivity index (χ1n) is 6.56. The normalized spacial score (nSPS) is 16.4. The van der Waals surface area contributed by atoms with E-state index >= 15 is 0 Å². The molecule has 1 aliphatic heterocycles. The van der Waals surface area contributed by atoms with E-state index in [1.165, 1.54) is 11.1 Å². The maximum atomic E-state index is 11.4. The summed E-state index contributed by atoms with van der Waals surface area (Å²) in [7, 11) is 0. The van der Waals surface area contributed by atoms with Gasteiger partial charge in [-0.1, -0.05) is 25.5 Å². The van der Waals surface area contributed by atoms with E-state index in [2.05, 4.69) is 25.1 Å². The minimum Gasteiger partial charge on any atom is -0.493 e. The van der Waals surface area contributed by atoms with Gasteiger partial charge in [0.15, 0.2) is 0 Å². The first-order chi connectivity index (χ1) is 8.29. The molecule has 1 aromatic carbocycles. The van der Waals surface area contributed by atoms with Crippen LogP contribution in [0.1, 0.15) is 43.7 Å². The van der Waals surface area contributed by atoms with Crippen LogP contribution < -0.4 is 4.74 Å². The third kappa shape index (κ3) is 3.32. The summed E-state index contributed by atoms with van der Waals surface area (Å²) >= 11 is 0. The number of aryl methyl sites for hydroxylation is 2. The summed E-state index contributed by atoms with van der Waals surface area (Å²) in [5.74, 6) is 1.30. The van der Waals surface area contributed by atoms with Crippen molar-refractivity contribution >= 4 is 5.78 Å². The van der Waals surface area contributed by atoms with Crippen molar-refractivity contribution in [2.24, 2.45) is 0 Å². The predicted octanol–water partition coefficient (Wildman–Crippen LogP) is 3.31. The Morgan fingerprint density at radius 3 is 2.94 bits per heavy atom. The van der Waals surface area contributed by atoms with Crippen molar-refractivity contribution in [1.29, 1.82) is 0 Å². The molecule has 0 spiro atoms. The molecule has 1 aromatic rings. The molecule has 0 fully saturated rings. The number of benzene rings is 1. The van der Waals surface area contributed by atoms with Crippen molar-refractivity contribution in [3.8, 4) is 5.75 Å². The highest BCUT2D eigenvalue weighted by molar-refractivity contribution is 5.78. The number of ketones is 1. The van der Waals surface area contributed by atoms with Crippen LogP contribution in [-0.4, -0.2) is 12.4 Å². The molecule has 0 amide bonds. The Morgan fingerprint density at radius 2 is 2.12 bits per heavy atom. The minimum absolute atomic E-state index is 0.326. The number of Topliss-reactive ketones (excluding diaryl/α,β-unsaturated/α-hetero) is 1. The number of ether oxygens (including phenoxy) is 1. The second kappa shape index (κ2) is 5.85. The molecule has 0 saturated carbocycles. The lowest BCUT2D eigenvalue weighted by atomic mass is 10.0. The van der Waals surface area contributed by atoms with Crippen LogP contribution in [0, 0.1) is 0 Å². The van der Waals surface area contributed by atoms with Crippen molar-refractivity contribution in [3.05, 3.63) is 29.3 Å². The lowest BCUT2D eigenvalue weighted by Crippen LogP contribution is -2.04. The van der Waals surface area contributed by atoms with E-state index in [-0.39, 0.29) is 0 Å². The zero-order valence-corrected chi connectivity index (χ0v) is 10.5. The highest BCUT2D eigenvalue weighted by atomic mass is 16.5. The topological polar surface area (TPSA) is 26.3 Å². The lowest BCUT2D eigenvalue weighted by Gasteiger charge is -2.11. The number of carbonyl (C=O) groups excluding carboxylic acids is 1. The van der Waals surface area contributed by atoms with Gasteiger partial charge in [-0.3, -0.25) is 4.79 Å². The van der Waals surface area contributed by atoms with Crippen LogP contribution in [0.3, 0.4) is 0 Å². The first-order valence-corrected chi connectivity index (χ1v) is 6.56. The molecule has 0 atom stereocenters. The second-order valence-corrected chi connectivity index (χ2v) is 4.68. The summed E-state index contributed by atoms with van der Waals surface area (Å²) in [6, 6.07) is 6.45. The number of fused-ring (bicyclic) bond motifs is 1. The van der Waals surface area contributed by atoms with E-state index < -0.39 is 0 Å². The van der Waals surface area contributed by atoms with E-state index in [4.69, 9.17) is 4.74 Å². The summed E-state index contributed by atoms with van der Waals surface area (Å²) in [4.78, 5) is 11.4. The zero-order chi connectivity index (χ0) is 12.1. The van der Waals surface area contributed by atoms with Gasteiger partial charge in [-0.05, 0) is 36.5 Å². The van der Waals surface area contributed by atoms with Crippen molar-refractivity contribution in [3.63, 3.8) is 0 Å². The Morgan fingerprint density at radius 1 is 1.24 bits per heavy atom. The number of carbonyl (C=O) groups is 1. The van der Waals surface area contributed by atoms with Crippen LogP contribution in [0.15, 0.2) is 18.2 Å². The molecule has 0 N–H and O–H groups in total. The fourth-order valence-corrected chi connectivity index (χ4v) is 2.29. The van der Waals surface area contributed by atoms with E-state index in [0.717, 1.165) is 31.4 Å². The molecule has 0 aromatic heterocycles. The molecule has 1 heterocycles. The van der Waals surface area contributed by atoms with Gasteiger partial charge in [0, 0.05) is 12.8 Å². The van der Waals surface area contributed by atoms with Crippen LogP contribution in [-0.2, 0) is 17.6 Å². The quantitative estimate of drug-likeness (QED) is 0.782. The Kier molecular flexibility index (Phi) is 4.18. The minimum atomic E-state index is 0.326. The summed E-state index contributed by atoms with van der Waals surface area (Å²) < 4.78 is 5.69. The molecule has 2 heteroatoms. The van der Waals surface area contributed by atoms with Gasteiger partial charge in [-0.15, -0.1) is 0 Å². The summed E-state index contributed by atoms with van der Waals surface area (Å²) in [5.41, 5.74) is 2.64. The van der Waals surface area contributed by atoms with E-state index in [9.17, 15) is 4.79 Å². The van der Waals surface area contributed by atoms with Gasteiger partial charge in [0.05, 0.1) is 6.61 Å². The van der Waals surface area contributed by atoms with Gasteiger partial charge in [0.25, 0.3) is 0 Å². The van der Waals surface area contributed by atoms with Gasteiger partial charge in [-0.25, -0.2) is 0 Å². The molecule has 1 aliphatic rings. The maximum absolute atomic E-state index is 11.4. The molecule has 0 radical (unpaired) electrons. The summed E-state index contributed by atoms with van der Waals surface area (Å²) in [6.45, 7) is 2.72. The Balaban J connectivity index is 2.17. The Labute approximate surface area is 103 Å². The van der Waals surface area contributed by atoms with Crippen molar-refractivity contribution < 1.29 is 9.53 Å². The molecule has 0 aliphatic carbocycles. The summed E-state index contributed by atoms with van der Waals surface area (Å²) in [5, 5.41) is 0. The Hall–Kier alpha value is -1.31. The van der Waals surface area contributed by atoms with Crippen LogP contribution in [0.2, 0.25) is 0 Å². The van der Waals surface area contributed by atoms with Gasteiger partial charge >= 0.3 is 0 Å². The first kappa shape index (κ1) is 12.2. The molecule has 0 bridgehead atoms. The molecule has 17 heavy (non-hydrogen) atoms. The fraction of sp³-hybridized carbons (Fsp3) is 0.533. The van der Waals surface area contributed by atoms with Crippen molar-refractivity contribution in [2.45, 2.75) is 45.4 Å². The van der Waals surface area contributed by atoms with Gasteiger partial charge < -0.3 is 4.74 Å². The average molecular weight is 232 g/mol. The summed E-state index contributed by atoms with van der Waals surface area (Å²) in [6.07, 6.45) is 5.44. The van der Waals surface area contributed by atoms with Crippen molar-refractivity contribution in [2.75, 3.05) is 6.61 Å². The van der Waals surface area contributed by atoms with Crippen molar-refractivity contribution in [1.82, 2.24) is 0 Å². The molecule has 2 nitrogen and oxygen atoms in total. The standard InChI is InChI=1S/C15H20O2/c1-2-4-12-7-8-15-13(11-12)5-3-6-14(16)9-10-17-15/h7-8,11H,2-6,9-10H2,1H3. The third-order valence-corrected chi connectivity index (χ3v) is 3.20. The van der Waals surface area contributed by atoms with E-state index in [0.29, 0.717) is 25.2 Å². The van der Waals surface area contributed by atoms with E-state index in [1.807, 2.05) is 0 Å². The maximum Gasteiger partial charge on any atom is 0.136 e. The van der Waals surface area contributed by atoms with Crippen LogP contribution in [0.5, 0.6) is 5.75 Å². The monoisotopic (exact) mass is 232 g/mol. The lowest BCUT2D eigenvalue weighted by molar-refractivity contribution is -0.119. The smallest absolute Gasteiger partial charge is 0.136 e. The van der Waals surface area contributed by atoms with Gasteiger partial charge in [-0.2, -0.15) is 0 Å². The zero-order valence-electron chi connectivity index (χ0n) is 10.5. The van der Waals surface area contributed by atoms with Gasteiger partial charge in [0.2, 0.25) is 0 Å². The second-order valence-electron chi connectivity index (χ2n) is 4.68. The average Bonchev–Trinajstić information content (AvgIpc) is 2.39. The highest BCUT2D eigenvalue weighted by Gasteiger charge is 2.11. The SMILES string of the molecule is CCCc1ccc2c(c1)CCCC(=O)CCO2. The van der Waals surface area contributed by atoms with Crippen LogP contribution >= 0.6 is 0 Å². The predicted molar refractivity (Wildman–Crippen MR) is 68.5 cm³/mol. The molecule has 2 rings (SSSR count). The largest absolute Gasteiger partial charge is 0.493 e. The number of hydrogen-bond acceptors (Lipinski definition) is 2. The van der Waals surface area contributed by atoms with E-state index in [1.54, 1.807) is 0 Å². The molecule has 0 saturated heterocycles. The molecular formula is C15H20O2. The Bertz CT molecular complexity index is 396. The molecular weight excluding hydrogens is 212 g/mol.